The molecule has 0 spiro atoms. The summed E-state index contributed by atoms with van der Waals surface area (Å²) in [4.78, 5) is 0. The van der Waals surface area contributed by atoms with E-state index in [2.05, 4.69) is 5.32 Å². The Kier molecular flexibility index (Phi) is 5.19. The Morgan fingerprint density at radius 2 is 2.12 bits per heavy atom. The Labute approximate surface area is 100 Å². The van der Waals surface area contributed by atoms with Gasteiger partial charge >= 0.3 is 0 Å². The Bertz CT molecular complexity index is 324. The van der Waals surface area contributed by atoms with Crippen molar-refractivity contribution in [2.24, 2.45) is 0 Å². The lowest BCUT2D eigenvalue weighted by molar-refractivity contribution is 0.170. The average Bonchev–Trinajstić information content (AvgIpc) is 2.15. The van der Waals surface area contributed by atoms with Crippen LogP contribution in [0.25, 0.3) is 0 Å². The summed E-state index contributed by atoms with van der Waals surface area (Å²) in [6, 6.07) is 4.76. The molecule has 0 aliphatic rings. The molecule has 0 radical (unpaired) electrons. The van der Waals surface area contributed by atoms with Crippen LogP contribution in [-0.2, 0) is 6.54 Å². The number of aliphatic hydroxyl groups is 1. The van der Waals surface area contributed by atoms with Crippen LogP contribution in [0.3, 0.4) is 0 Å². The highest BCUT2D eigenvalue weighted by Crippen LogP contribution is 2.18. The highest BCUT2D eigenvalue weighted by molar-refractivity contribution is 6.31. The van der Waals surface area contributed by atoms with Gasteiger partial charge in [-0.2, -0.15) is 0 Å². The van der Waals surface area contributed by atoms with Gasteiger partial charge in [-0.1, -0.05) is 17.7 Å². The first-order valence-corrected chi connectivity index (χ1v) is 5.73. The number of hydrogen-bond donors (Lipinski definition) is 2. The lowest BCUT2D eigenvalue weighted by Gasteiger charge is -2.16. The van der Waals surface area contributed by atoms with E-state index < -0.39 is 0 Å². The molecule has 0 saturated heterocycles. The minimum absolute atomic E-state index is 0.121. The molecule has 0 amide bonds. The van der Waals surface area contributed by atoms with Crippen LogP contribution >= 0.6 is 11.6 Å². The first-order valence-electron chi connectivity index (χ1n) is 5.35. The molecule has 1 rings (SSSR count). The summed E-state index contributed by atoms with van der Waals surface area (Å²) in [6.07, 6.45) is 0.269. The minimum Gasteiger partial charge on any atom is -0.393 e. The molecule has 0 bridgehead atoms. The number of halogens is 2. The summed E-state index contributed by atoms with van der Waals surface area (Å²) in [5.74, 6) is -0.302. The monoisotopic (exact) mass is 245 g/mol. The zero-order valence-corrected chi connectivity index (χ0v) is 10.3. The van der Waals surface area contributed by atoms with Crippen molar-refractivity contribution >= 4 is 11.6 Å². The minimum atomic E-state index is -0.362. The van der Waals surface area contributed by atoms with Gasteiger partial charge in [-0.3, -0.25) is 0 Å². The van der Waals surface area contributed by atoms with E-state index in [4.69, 9.17) is 11.6 Å². The standard InChI is InChI=1S/C12H17ClFNO/c1-8(6-9(2)16)15-7-10-11(13)4-3-5-12(10)14/h3-5,8-9,15-16H,6-7H2,1-2H3. The van der Waals surface area contributed by atoms with Gasteiger partial charge in [-0.15, -0.1) is 0 Å². The van der Waals surface area contributed by atoms with Gasteiger partial charge in [0.05, 0.1) is 6.10 Å². The van der Waals surface area contributed by atoms with Crippen LogP contribution in [0.5, 0.6) is 0 Å². The molecular weight excluding hydrogens is 229 g/mol. The van der Waals surface area contributed by atoms with Crippen molar-refractivity contribution in [3.8, 4) is 0 Å². The first kappa shape index (κ1) is 13.4. The lowest BCUT2D eigenvalue weighted by Crippen LogP contribution is -2.29. The van der Waals surface area contributed by atoms with Crippen LogP contribution in [0.4, 0.5) is 4.39 Å². The summed E-state index contributed by atoms with van der Waals surface area (Å²) in [5, 5.41) is 12.7. The van der Waals surface area contributed by atoms with Crippen LogP contribution < -0.4 is 5.32 Å². The highest BCUT2D eigenvalue weighted by Gasteiger charge is 2.09. The normalized spacial score (nSPS) is 14.8. The molecule has 0 aliphatic heterocycles. The Hall–Kier alpha value is -0.640. The van der Waals surface area contributed by atoms with Gasteiger partial charge in [-0.25, -0.2) is 4.39 Å². The van der Waals surface area contributed by atoms with Gasteiger partial charge in [0.25, 0.3) is 0 Å². The maximum absolute atomic E-state index is 13.4. The molecule has 90 valence electrons. The van der Waals surface area contributed by atoms with E-state index >= 15 is 0 Å². The SMILES string of the molecule is CC(O)CC(C)NCc1c(F)cccc1Cl. The third-order valence-corrected chi connectivity index (χ3v) is 2.74. The van der Waals surface area contributed by atoms with Crippen LogP contribution in [-0.4, -0.2) is 17.3 Å². The van der Waals surface area contributed by atoms with Gasteiger partial charge in [-0.05, 0) is 32.4 Å². The van der Waals surface area contributed by atoms with Crippen molar-refractivity contribution in [1.29, 1.82) is 0 Å². The van der Waals surface area contributed by atoms with E-state index in [1.165, 1.54) is 6.07 Å². The van der Waals surface area contributed by atoms with Gasteiger partial charge in [0.2, 0.25) is 0 Å². The molecule has 2 nitrogen and oxygen atoms in total. The molecule has 2 unspecified atom stereocenters. The van der Waals surface area contributed by atoms with Crippen LogP contribution in [0.15, 0.2) is 18.2 Å². The maximum Gasteiger partial charge on any atom is 0.129 e. The van der Waals surface area contributed by atoms with Gasteiger partial charge in [0, 0.05) is 23.2 Å². The summed E-state index contributed by atoms with van der Waals surface area (Å²) in [6.45, 7) is 4.05. The van der Waals surface area contributed by atoms with Gasteiger partial charge < -0.3 is 10.4 Å². The fourth-order valence-corrected chi connectivity index (χ4v) is 1.80. The smallest absolute Gasteiger partial charge is 0.129 e. The van der Waals surface area contributed by atoms with Crippen molar-refractivity contribution in [1.82, 2.24) is 5.32 Å². The number of benzene rings is 1. The number of hydrogen-bond acceptors (Lipinski definition) is 2. The highest BCUT2D eigenvalue weighted by atomic mass is 35.5. The number of nitrogens with one attached hydrogen (secondary N) is 1. The summed E-state index contributed by atoms with van der Waals surface area (Å²) in [5.41, 5.74) is 0.474. The largest absolute Gasteiger partial charge is 0.393 e. The molecule has 4 heteroatoms. The molecule has 1 aromatic rings. The zero-order chi connectivity index (χ0) is 12.1. The topological polar surface area (TPSA) is 32.3 Å². The third kappa shape index (κ3) is 4.08. The fraction of sp³-hybridized carbons (Fsp3) is 0.500. The number of aliphatic hydroxyl groups excluding tert-OH is 1. The Morgan fingerprint density at radius 1 is 1.44 bits per heavy atom. The van der Waals surface area contributed by atoms with Crippen molar-refractivity contribution in [3.63, 3.8) is 0 Å². The van der Waals surface area contributed by atoms with Crippen LogP contribution in [0.1, 0.15) is 25.8 Å². The summed E-state index contributed by atoms with van der Waals surface area (Å²) in [7, 11) is 0. The van der Waals surface area contributed by atoms with E-state index in [0.717, 1.165) is 0 Å². The second kappa shape index (κ2) is 6.18. The van der Waals surface area contributed by atoms with Crippen molar-refractivity contribution in [2.45, 2.75) is 39.0 Å². The molecule has 0 fully saturated rings. The van der Waals surface area contributed by atoms with Gasteiger partial charge in [0.15, 0.2) is 0 Å². The van der Waals surface area contributed by atoms with Gasteiger partial charge in [0.1, 0.15) is 5.82 Å². The van der Waals surface area contributed by atoms with E-state index in [-0.39, 0.29) is 18.0 Å². The van der Waals surface area contributed by atoms with E-state index in [1.807, 2.05) is 6.92 Å². The average molecular weight is 246 g/mol. The van der Waals surface area contributed by atoms with E-state index in [1.54, 1.807) is 19.1 Å². The molecule has 16 heavy (non-hydrogen) atoms. The number of rotatable bonds is 5. The van der Waals surface area contributed by atoms with E-state index in [0.29, 0.717) is 23.6 Å². The van der Waals surface area contributed by atoms with Crippen molar-refractivity contribution < 1.29 is 9.50 Å². The molecule has 1 aromatic carbocycles. The predicted octanol–water partition coefficient (Wildman–Crippen LogP) is 2.73. The van der Waals surface area contributed by atoms with Crippen LogP contribution in [0, 0.1) is 5.82 Å². The second-order valence-electron chi connectivity index (χ2n) is 4.07. The molecule has 2 N–H and O–H groups in total. The molecule has 0 aliphatic carbocycles. The van der Waals surface area contributed by atoms with E-state index in [9.17, 15) is 9.50 Å². The lowest BCUT2D eigenvalue weighted by atomic mass is 10.1. The third-order valence-electron chi connectivity index (χ3n) is 2.38. The van der Waals surface area contributed by atoms with Crippen molar-refractivity contribution in [3.05, 3.63) is 34.6 Å². The molecule has 0 heterocycles. The molecular formula is C12H17ClFNO. The zero-order valence-electron chi connectivity index (χ0n) is 9.50. The van der Waals surface area contributed by atoms with Crippen molar-refractivity contribution in [2.75, 3.05) is 0 Å². The Morgan fingerprint density at radius 3 is 2.69 bits per heavy atom. The molecule has 0 aromatic heterocycles. The first-order chi connectivity index (χ1) is 7.50. The molecule has 0 saturated carbocycles. The predicted molar refractivity (Wildman–Crippen MR) is 64.0 cm³/mol. The maximum atomic E-state index is 13.4. The summed E-state index contributed by atoms with van der Waals surface area (Å²) >= 11 is 5.89. The van der Waals surface area contributed by atoms with Crippen LogP contribution in [0.2, 0.25) is 5.02 Å². The fourth-order valence-electron chi connectivity index (χ4n) is 1.57. The quantitative estimate of drug-likeness (QED) is 0.836. The summed E-state index contributed by atoms with van der Waals surface area (Å²) < 4.78 is 13.4. The Balaban J connectivity index is 2.54. The molecule has 2 atom stereocenters. The second-order valence-corrected chi connectivity index (χ2v) is 4.47.